The van der Waals surface area contributed by atoms with Crippen LogP contribution < -0.4 is 20.1 Å². The van der Waals surface area contributed by atoms with Crippen molar-refractivity contribution in [2.24, 2.45) is 5.73 Å². The quantitative estimate of drug-likeness (QED) is 0.795. The maximum absolute atomic E-state index is 12.5. The van der Waals surface area contributed by atoms with Crippen LogP contribution in [0, 0.1) is 0 Å². The van der Waals surface area contributed by atoms with Crippen LogP contribution in [0.4, 0.5) is 5.69 Å². The summed E-state index contributed by atoms with van der Waals surface area (Å²) in [6.45, 7) is 0.275. The summed E-state index contributed by atoms with van der Waals surface area (Å²) in [4.78, 5) is 27.2. The summed E-state index contributed by atoms with van der Waals surface area (Å²) < 4.78 is 10.8. The Balaban J connectivity index is 2.00. The molecule has 2 aromatic rings. The molecule has 148 valence electrons. The molecule has 1 aliphatic rings. The van der Waals surface area contributed by atoms with Crippen molar-refractivity contribution in [3.05, 3.63) is 53.6 Å². The van der Waals surface area contributed by atoms with E-state index in [1.807, 2.05) is 24.3 Å². The van der Waals surface area contributed by atoms with Crippen LogP contribution in [-0.2, 0) is 11.3 Å². The number of hydrogen-bond acceptors (Lipinski definition) is 6. The Morgan fingerprint density at radius 2 is 1.93 bits per heavy atom. The number of primary amides is 1. The molecule has 2 amide bonds. The van der Waals surface area contributed by atoms with Gasteiger partial charge in [-0.25, -0.2) is 0 Å². The van der Waals surface area contributed by atoms with Crippen LogP contribution in [0.1, 0.15) is 15.9 Å². The minimum atomic E-state index is -2.04. The first-order valence-electron chi connectivity index (χ1n) is 8.68. The molecule has 8 heteroatoms. The van der Waals surface area contributed by atoms with Crippen LogP contribution in [0.25, 0.3) is 0 Å². The number of amides is 2. The van der Waals surface area contributed by atoms with Crippen molar-refractivity contribution in [1.82, 2.24) is 4.90 Å². The Hall–Kier alpha value is -3.26. The van der Waals surface area contributed by atoms with Crippen LogP contribution in [-0.4, -0.2) is 55.4 Å². The smallest absolute Gasteiger partial charge is 0.306 e. The molecule has 1 aliphatic heterocycles. The van der Waals surface area contributed by atoms with Gasteiger partial charge in [0.15, 0.2) is 0 Å². The third kappa shape index (κ3) is 3.72. The predicted octanol–water partition coefficient (Wildman–Crippen LogP) is 0.970. The highest BCUT2D eigenvalue weighted by atomic mass is 16.6. The summed E-state index contributed by atoms with van der Waals surface area (Å²) in [5, 5.41) is 10.9. The highest BCUT2D eigenvalue weighted by Crippen LogP contribution is 2.38. The lowest BCUT2D eigenvalue weighted by molar-refractivity contribution is -0.182. The average molecular weight is 385 g/mol. The van der Waals surface area contributed by atoms with Gasteiger partial charge in [0.25, 0.3) is 5.91 Å². The second-order valence-electron chi connectivity index (χ2n) is 6.84. The van der Waals surface area contributed by atoms with Gasteiger partial charge in [0.1, 0.15) is 11.5 Å². The van der Waals surface area contributed by atoms with E-state index in [2.05, 4.69) is 0 Å². The zero-order valence-electron chi connectivity index (χ0n) is 16.0. The summed E-state index contributed by atoms with van der Waals surface area (Å²) >= 11 is 0. The number of ether oxygens (including phenoxy) is 2. The molecule has 1 heterocycles. The van der Waals surface area contributed by atoms with Crippen LogP contribution in [0.2, 0.25) is 0 Å². The Labute approximate surface area is 163 Å². The number of fused-ring (bicyclic) bond motifs is 1. The summed E-state index contributed by atoms with van der Waals surface area (Å²) in [7, 11) is 4.68. The maximum atomic E-state index is 12.5. The Bertz CT molecular complexity index is 897. The molecule has 0 spiro atoms. The van der Waals surface area contributed by atoms with E-state index in [4.69, 9.17) is 15.2 Å². The van der Waals surface area contributed by atoms with Gasteiger partial charge in [-0.05, 0) is 35.9 Å². The summed E-state index contributed by atoms with van der Waals surface area (Å²) in [5.41, 5.74) is 7.21. The van der Waals surface area contributed by atoms with E-state index in [1.165, 1.54) is 17.0 Å². The van der Waals surface area contributed by atoms with Gasteiger partial charge in [-0.3, -0.25) is 9.59 Å². The predicted molar refractivity (Wildman–Crippen MR) is 103 cm³/mol. The topological polar surface area (TPSA) is 105 Å². The first-order valence-corrected chi connectivity index (χ1v) is 8.68. The second kappa shape index (κ2) is 7.40. The van der Waals surface area contributed by atoms with Gasteiger partial charge in [0, 0.05) is 26.2 Å². The number of anilines is 1. The van der Waals surface area contributed by atoms with Crippen LogP contribution in [0.3, 0.4) is 0 Å². The zero-order valence-corrected chi connectivity index (χ0v) is 16.0. The van der Waals surface area contributed by atoms with E-state index in [-0.39, 0.29) is 6.54 Å². The van der Waals surface area contributed by atoms with Crippen molar-refractivity contribution in [3.8, 4) is 11.5 Å². The lowest BCUT2D eigenvalue weighted by atomic mass is 10.1. The van der Waals surface area contributed by atoms with Gasteiger partial charge < -0.3 is 30.1 Å². The molecule has 0 fully saturated rings. The number of hydrogen-bond donors (Lipinski definition) is 2. The lowest BCUT2D eigenvalue weighted by Crippen LogP contribution is -2.59. The van der Waals surface area contributed by atoms with E-state index >= 15 is 0 Å². The number of likely N-dealkylation sites (N-methyl/N-ethyl adjacent to an activating group) is 1. The standard InChI is InChI=1S/C20H23N3O5/c1-22(2)19(25)20(26)12-23(11-13-4-7-15(27-3)8-5-13)16-10-14(18(21)24)6-9-17(16)28-20/h4-10,26H,11-12H2,1-3H3,(H2,21,24). The number of nitrogens with two attached hydrogens (primary N) is 1. The Morgan fingerprint density at radius 1 is 1.25 bits per heavy atom. The first-order chi connectivity index (χ1) is 13.2. The molecular weight excluding hydrogens is 362 g/mol. The van der Waals surface area contributed by atoms with Crippen molar-refractivity contribution in [2.45, 2.75) is 12.3 Å². The van der Waals surface area contributed by atoms with Gasteiger partial charge in [0.2, 0.25) is 5.91 Å². The number of rotatable bonds is 5. The average Bonchev–Trinajstić information content (AvgIpc) is 2.67. The number of methoxy groups -OCH3 is 1. The third-order valence-corrected chi connectivity index (χ3v) is 4.54. The Morgan fingerprint density at radius 3 is 2.50 bits per heavy atom. The first kappa shape index (κ1) is 19.5. The maximum Gasteiger partial charge on any atom is 0.306 e. The molecular formula is C20H23N3O5. The van der Waals surface area contributed by atoms with Gasteiger partial charge in [0.05, 0.1) is 19.3 Å². The fourth-order valence-corrected chi connectivity index (χ4v) is 3.12. The molecule has 8 nitrogen and oxygen atoms in total. The number of aliphatic hydroxyl groups is 1. The van der Waals surface area contributed by atoms with E-state index < -0.39 is 17.6 Å². The van der Waals surface area contributed by atoms with Gasteiger partial charge >= 0.3 is 5.79 Å². The molecule has 3 N–H and O–H groups in total. The fraction of sp³-hybridized carbons (Fsp3) is 0.300. The van der Waals surface area contributed by atoms with Crippen molar-refractivity contribution >= 4 is 17.5 Å². The van der Waals surface area contributed by atoms with E-state index in [0.29, 0.717) is 23.5 Å². The molecule has 0 aromatic heterocycles. The van der Waals surface area contributed by atoms with Crippen molar-refractivity contribution in [1.29, 1.82) is 0 Å². The van der Waals surface area contributed by atoms with Gasteiger partial charge in [-0.2, -0.15) is 0 Å². The number of benzene rings is 2. The molecule has 0 radical (unpaired) electrons. The summed E-state index contributed by atoms with van der Waals surface area (Å²) in [6.07, 6.45) is 0. The minimum Gasteiger partial charge on any atom is -0.497 e. The van der Waals surface area contributed by atoms with Gasteiger partial charge in [-0.15, -0.1) is 0 Å². The number of β-amino-alcohol motifs (C(OH)–C–C–N with tert-alkyl or cyclic N) is 1. The van der Waals surface area contributed by atoms with Crippen molar-refractivity contribution < 1.29 is 24.2 Å². The molecule has 28 heavy (non-hydrogen) atoms. The zero-order chi connectivity index (χ0) is 20.5. The monoisotopic (exact) mass is 385 g/mol. The van der Waals surface area contributed by atoms with E-state index in [9.17, 15) is 14.7 Å². The molecule has 0 saturated heterocycles. The minimum absolute atomic E-state index is 0.106. The molecule has 1 unspecified atom stereocenters. The highest BCUT2D eigenvalue weighted by Gasteiger charge is 2.46. The fourth-order valence-electron chi connectivity index (χ4n) is 3.12. The molecule has 2 aromatic carbocycles. The van der Waals surface area contributed by atoms with Gasteiger partial charge in [-0.1, -0.05) is 12.1 Å². The second-order valence-corrected chi connectivity index (χ2v) is 6.84. The molecule has 3 rings (SSSR count). The van der Waals surface area contributed by atoms with Crippen LogP contribution >= 0.6 is 0 Å². The molecule has 0 saturated carbocycles. The molecule has 0 bridgehead atoms. The summed E-state index contributed by atoms with van der Waals surface area (Å²) in [6, 6.07) is 12.1. The van der Waals surface area contributed by atoms with Crippen LogP contribution in [0.15, 0.2) is 42.5 Å². The largest absolute Gasteiger partial charge is 0.497 e. The normalized spacial score (nSPS) is 18.1. The number of carbonyl (C=O) groups excluding carboxylic acids is 2. The van der Waals surface area contributed by atoms with Crippen LogP contribution in [0.5, 0.6) is 11.5 Å². The number of nitrogens with zero attached hydrogens (tertiary/aromatic N) is 2. The van der Waals surface area contributed by atoms with E-state index in [1.54, 1.807) is 32.2 Å². The van der Waals surface area contributed by atoms with Crippen molar-refractivity contribution in [2.75, 3.05) is 32.6 Å². The molecule has 0 aliphatic carbocycles. The van der Waals surface area contributed by atoms with Crippen molar-refractivity contribution in [3.63, 3.8) is 0 Å². The lowest BCUT2D eigenvalue weighted by Gasteiger charge is -2.41. The molecule has 1 atom stereocenters. The Kier molecular flexibility index (Phi) is 5.15. The highest BCUT2D eigenvalue weighted by molar-refractivity contribution is 5.95. The van der Waals surface area contributed by atoms with E-state index in [0.717, 1.165) is 11.3 Å². The third-order valence-electron chi connectivity index (χ3n) is 4.54. The number of carbonyl (C=O) groups is 2. The summed E-state index contributed by atoms with van der Waals surface area (Å²) in [5.74, 6) is -2.17. The SMILES string of the molecule is COc1ccc(CN2CC(O)(C(=O)N(C)C)Oc3ccc(C(N)=O)cc32)cc1.